The molecule has 9 nitrogen and oxygen atoms in total. The third-order valence-corrected chi connectivity index (χ3v) is 3.16. The van der Waals surface area contributed by atoms with E-state index in [2.05, 4.69) is 14.8 Å². The Kier molecular flexibility index (Phi) is 12.3. The van der Waals surface area contributed by atoms with Crippen LogP contribution in [0, 0.1) is 0 Å². The van der Waals surface area contributed by atoms with Gasteiger partial charge in [-0.2, -0.15) is 0 Å². The van der Waals surface area contributed by atoms with Crippen LogP contribution in [0.15, 0.2) is 22.5 Å². The number of hydrogen-bond donors (Lipinski definition) is 1. The molecule has 0 saturated carbocycles. The second kappa shape index (κ2) is 11.7. The van der Waals surface area contributed by atoms with Crippen LogP contribution in [0.1, 0.15) is 20.3 Å². The molecule has 1 aliphatic heterocycles. The predicted molar refractivity (Wildman–Crippen MR) is 65.0 cm³/mol. The SMILES string of the molecule is CC1=C(C(OC=O)C(=O)[O-])CC(C(OC=O)C(=O)[O-])=C(C)N1.[Na+].[Na+]. The first-order chi connectivity index (χ1) is 10.3. The van der Waals surface area contributed by atoms with Gasteiger partial charge in [0, 0.05) is 17.8 Å². The van der Waals surface area contributed by atoms with Gasteiger partial charge in [0.05, 0.1) is 11.9 Å². The van der Waals surface area contributed by atoms with E-state index in [0.29, 0.717) is 11.4 Å². The van der Waals surface area contributed by atoms with Crippen molar-refractivity contribution < 1.29 is 98.0 Å². The summed E-state index contributed by atoms with van der Waals surface area (Å²) in [7, 11) is 0. The van der Waals surface area contributed by atoms with Crippen LogP contribution < -0.4 is 74.6 Å². The monoisotopic (exact) mass is 357 g/mol. The number of ether oxygens (including phenoxy) is 2. The van der Waals surface area contributed by atoms with Crippen molar-refractivity contribution in [2.75, 3.05) is 0 Å². The molecule has 11 heteroatoms. The number of carbonyl (C=O) groups is 4. The molecule has 1 aliphatic rings. The maximum absolute atomic E-state index is 11.1. The van der Waals surface area contributed by atoms with E-state index in [9.17, 15) is 29.4 Å². The standard InChI is InChI=1S/C13H15NO8.2Na/c1-6-8(10(12(17)18)21-4-15)3-9(7(2)14-6)11(13(19)20)22-5-16;;/h4-5,10-11,14H,3H2,1-2H3,(H,17,18)(H,19,20);;/q;2*+1/p-2. The van der Waals surface area contributed by atoms with Gasteiger partial charge in [-0.15, -0.1) is 0 Å². The molecule has 0 aromatic carbocycles. The van der Waals surface area contributed by atoms with Crippen molar-refractivity contribution >= 4 is 24.9 Å². The molecule has 2 atom stereocenters. The molecule has 0 radical (unpaired) electrons. The molecule has 0 amide bonds. The molecular formula is C13H13NNa2O8. The Bertz CT molecular complexity index is 524. The number of carbonyl (C=O) groups excluding carboxylic acids is 4. The molecule has 0 aliphatic carbocycles. The van der Waals surface area contributed by atoms with Gasteiger partial charge in [-0.25, -0.2) is 0 Å². The van der Waals surface area contributed by atoms with Gasteiger partial charge in [0.2, 0.25) is 0 Å². The maximum Gasteiger partial charge on any atom is 1.00 e. The minimum absolute atomic E-state index is 0. The zero-order chi connectivity index (χ0) is 16.9. The fourth-order valence-corrected chi connectivity index (χ4v) is 2.16. The number of rotatable bonds is 8. The molecule has 1 rings (SSSR count). The summed E-state index contributed by atoms with van der Waals surface area (Å²) in [5.41, 5.74) is 0.878. The summed E-state index contributed by atoms with van der Waals surface area (Å²) in [6, 6.07) is 0. The summed E-state index contributed by atoms with van der Waals surface area (Å²) in [5.74, 6) is -3.33. The van der Waals surface area contributed by atoms with Crippen molar-refractivity contribution in [3.8, 4) is 0 Å². The van der Waals surface area contributed by atoms with Gasteiger partial charge >= 0.3 is 59.1 Å². The van der Waals surface area contributed by atoms with E-state index in [-0.39, 0.29) is 89.6 Å². The van der Waals surface area contributed by atoms with Gasteiger partial charge in [0.1, 0.15) is 0 Å². The van der Waals surface area contributed by atoms with Crippen LogP contribution in [0.5, 0.6) is 0 Å². The number of allylic oxidation sites excluding steroid dienone is 2. The molecule has 2 unspecified atom stereocenters. The number of carboxylic acid groups (broad SMARTS) is 2. The van der Waals surface area contributed by atoms with Gasteiger partial charge < -0.3 is 34.6 Å². The first-order valence-corrected chi connectivity index (χ1v) is 6.09. The quantitative estimate of drug-likeness (QED) is 0.330. The van der Waals surface area contributed by atoms with Gasteiger partial charge in [0.25, 0.3) is 12.9 Å². The van der Waals surface area contributed by atoms with Crippen molar-refractivity contribution in [1.29, 1.82) is 0 Å². The minimum Gasteiger partial charge on any atom is -0.546 e. The van der Waals surface area contributed by atoms with E-state index in [0.717, 1.165) is 0 Å². The Balaban J connectivity index is 0. The minimum atomic E-state index is -1.69. The first kappa shape index (κ1) is 25.4. The number of dihydropyridines is 1. The zero-order valence-corrected chi connectivity index (χ0v) is 17.8. The van der Waals surface area contributed by atoms with Crippen LogP contribution in [0.3, 0.4) is 0 Å². The van der Waals surface area contributed by atoms with E-state index < -0.39 is 24.1 Å². The van der Waals surface area contributed by atoms with Crippen LogP contribution in [0.4, 0.5) is 0 Å². The Morgan fingerprint density at radius 2 is 1.29 bits per heavy atom. The summed E-state index contributed by atoms with van der Waals surface area (Å²) < 4.78 is 8.92. The van der Waals surface area contributed by atoms with Gasteiger partial charge in [-0.3, -0.25) is 9.59 Å². The second-order valence-corrected chi connectivity index (χ2v) is 4.47. The van der Waals surface area contributed by atoms with Crippen LogP contribution in [-0.4, -0.2) is 37.1 Å². The molecular weight excluding hydrogens is 344 g/mol. The maximum atomic E-state index is 11.1. The van der Waals surface area contributed by atoms with Crippen LogP contribution in [0.25, 0.3) is 0 Å². The average Bonchev–Trinajstić information content (AvgIpc) is 2.43. The van der Waals surface area contributed by atoms with Crippen molar-refractivity contribution in [2.45, 2.75) is 32.5 Å². The average molecular weight is 357 g/mol. The van der Waals surface area contributed by atoms with Crippen molar-refractivity contribution in [2.24, 2.45) is 0 Å². The largest absolute Gasteiger partial charge is 1.00 e. The molecule has 1 N–H and O–H groups in total. The zero-order valence-electron chi connectivity index (χ0n) is 13.8. The Morgan fingerprint density at radius 1 is 0.958 bits per heavy atom. The summed E-state index contributed by atoms with van der Waals surface area (Å²) in [4.78, 5) is 43.0. The van der Waals surface area contributed by atoms with E-state index in [4.69, 9.17) is 0 Å². The molecule has 0 spiro atoms. The Labute approximate surface area is 182 Å². The van der Waals surface area contributed by atoms with Crippen LogP contribution in [-0.2, 0) is 28.7 Å². The fraction of sp³-hybridized carbons (Fsp3) is 0.385. The molecule has 0 bridgehead atoms. The summed E-state index contributed by atoms with van der Waals surface area (Å²) in [5, 5.41) is 24.9. The van der Waals surface area contributed by atoms with E-state index in [1.54, 1.807) is 0 Å². The van der Waals surface area contributed by atoms with Crippen LogP contribution >= 0.6 is 0 Å². The summed E-state index contributed by atoms with van der Waals surface area (Å²) in [6.07, 6.45) is -3.58. The third kappa shape index (κ3) is 6.23. The number of aliphatic carboxylic acids is 2. The van der Waals surface area contributed by atoms with Crippen molar-refractivity contribution in [3.63, 3.8) is 0 Å². The van der Waals surface area contributed by atoms with Crippen molar-refractivity contribution in [3.05, 3.63) is 22.5 Å². The molecule has 0 aromatic rings. The van der Waals surface area contributed by atoms with Crippen molar-refractivity contribution in [1.82, 2.24) is 5.32 Å². The Morgan fingerprint density at radius 3 is 1.54 bits per heavy atom. The normalized spacial score (nSPS) is 15.8. The topological polar surface area (TPSA) is 145 Å². The fourth-order valence-electron chi connectivity index (χ4n) is 2.16. The van der Waals surface area contributed by atoms with Crippen LogP contribution in [0.2, 0.25) is 0 Å². The van der Waals surface area contributed by atoms with E-state index >= 15 is 0 Å². The van der Waals surface area contributed by atoms with Gasteiger partial charge in [-0.1, -0.05) is 0 Å². The summed E-state index contributed by atoms with van der Waals surface area (Å²) in [6.45, 7) is 2.94. The number of carboxylic acids is 2. The molecule has 1 heterocycles. The molecule has 0 saturated heterocycles. The number of nitrogens with one attached hydrogen (secondary N) is 1. The molecule has 0 fully saturated rings. The Hall–Kier alpha value is -0.840. The number of hydrogen-bond acceptors (Lipinski definition) is 9. The predicted octanol–water partition coefficient (Wildman–Crippen LogP) is -8.88. The first-order valence-electron chi connectivity index (χ1n) is 6.09. The summed E-state index contributed by atoms with van der Waals surface area (Å²) >= 11 is 0. The smallest absolute Gasteiger partial charge is 0.546 e. The molecule has 0 aromatic heterocycles. The van der Waals surface area contributed by atoms with Gasteiger partial charge in [0.15, 0.2) is 12.2 Å². The third-order valence-electron chi connectivity index (χ3n) is 3.16. The second-order valence-electron chi connectivity index (χ2n) is 4.47. The molecule has 120 valence electrons. The molecule has 24 heavy (non-hydrogen) atoms. The van der Waals surface area contributed by atoms with E-state index in [1.165, 1.54) is 13.8 Å². The van der Waals surface area contributed by atoms with E-state index in [1.807, 2.05) is 0 Å². The van der Waals surface area contributed by atoms with Gasteiger partial charge in [-0.05, 0) is 25.0 Å².